The third-order valence-electron chi connectivity index (χ3n) is 3.61. The molecule has 0 amide bonds. The lowest BCUT2D eigenvalue weighted by molar-refractivity contribution is 0.0689. The van der Waals surface area contributed by atoms with Crippen molar-refractivity contribution < 1.29 is 14.6 Å². The lowest BCUT2D eigenvalue weighted by Gasteiger charge is -2.09. The Labute approximate surface area is 136 Å². The molecule has 0 aliphatic heterocycles. The van der Waals surface area contributed by atoms with Gasteiger partial charge >= 0.3 is 5.97 Å². The third-order valence-corrected chi connectivity index (χ3v) is 3.61. The van der Waals surface area contributed by atoms with Gasteiger partial charge in [0.15, 0.2) is 5.69 Å². The van der Waals surface area contributed by atoms with Crippen LogP contribution < -0.4 is 4.74 Å². The summed E-state index contributed by atoms with van der Waals surface area (Å²) in [5.41, 5.74) is 0.655. The number of benzene rings is 1. The number of ether oxygens (including phenoxy) is 1. The Balaban J connectivity index is 1.96. The van der Waals surface area contributed by atoms with E-state index in [-0.39, 0.29) is 5.69 Å². The van der Waals surface area contributed by atoms with E-state index >= 15 is 0 Å². The van der Waals surface area contributed by atoms with E-state index in [0.717, 1.165) is 25.0 Å². The summed E-state index contributed by atoms with van der Waals surface area (Å²) in [5.74, 6) is -0.272. The minimum absolute atomic E-state index is 0.0251. The van der Waals surface area contributed by atoms with Crippen molar-refractivity contribution in [3.05, 3.63) is 41.7 Å². The summed E-state index contributed by atoms with van der Waals surface area (Å²) in [4.78, 5) is 11.3. The van der Waals surface area contributed by atoms with Crippen LogP contribution in [0.25, 0.3) is 0 Å². The second-order valence-corrected chi connectivity index (χ2v) is 5.39. The van der Waals surface area contributed by atoms with Crippen LogP contribution in [0.4, 0.5) is 0 Å². The predicted molar refractivity (Wildman–Crippen MR) is 86.8 cm³/mol. The van der Waals surface area contributed by atoms with Crippen LogP contribution in [0.3, 0.4) is 0 Å². The zero-order chi connectivity index (χ0) is 16.5. The van der Waals surface area contributed by atoms with E-state index in [4.69, 9.17) is 4.74 Å². The first-order valence-corrected chi connectivity index (χ1v) is 8.06. The van der Waals surface area contributed by atoms with Crippen molar-refractivity contribution in [1.29, 1.82) is 0 Å². The number of hydrogen-bond acceptors (Lipinski definition) is 4. The van der Waals surface area contributed by atoms with Crippen LogP contribution in [0.1, 0.15) is 48.8 Å². The van der Waals surface area contributed by atoms with Gasteiger partial charge in [-0.1, -0.05) is 49.6 Å². The number of carboxylic acid groups (broad SMARTS) is 1. The minimum Gasteiger partial charge on any atom is -0.493 e. The first-order chi connectivity index (χ1) is 11.2. The lowest BCUT2D eigenvalue weighted by Crippen LogP contribution is -2.12. The van der Waals surface area contributed by atoms with E-state index in [2.05, 4.69) is 17.2 Å². The molecule has 1 heterocycles. The number of aromatic nitrogens is 3. The van der Waals surface area contributed by atoms with Gasteiger partial charge in [0, 0.05) is 13.0 Å². The van der Waals surface area contributed by atoms with Crippen LogP contribution in [-0.4, -0.2) is 32.7 Å². The number of hydrogen-bond donors (Lipinski definition) is 1. The molecule has 0 unspecified atom stereocenters. The molecule has 2 aromatic rings. The van der Waals surface area contributed by atoms with Gasteiger partial charge in [0.2, 0.25) is 0 Å². The summed E-state index contributed by atoms with van der Waals surface area (Å²) in [6, 6.07) is 9.47. The first kappa shape index (κ1) is 17.0. The largest absolute Gasteiger partial charge is 0.493 e. The van der Waals surface area contributed by atoms with Gasteiger partial charge in [0.05, 0.1) is 12.3 Å². The maximum atomic E-state index is 11.3. The summed E-state index contributed by atoms with van der Waals surface area (Å²) >= 11 is 0. The third kappa shape index (κ3) is 5.09. The number of carboxylic acids is 1. The Bertz CT molecular complexity index is 611. The zero-order valence-electron chi connectivity index (χ0n) is 13.4. The van der Waals surface area contributed by atoms with Crippen LogP contribution in [0.5, 0.6) is 5.75 Å². The molecule has 0 saturated carbocycles. The topological polar surface area (TPSA) is 77.2 Å². The van der Waals surface area contributed by atoms with E-state index in [1.54, 1.807) is 4.68 Å². The molecule has 0 radical (unpaired) electrons. The number of unbranched alkanes of at least 4 members (excludes halogenated alkanes) is 3. The highest BCUT2D eigenvalue weighted by molar-refractivity contribution is 5.86. The maximum Gasteiger partial charge on any atom is 0.358 e. The number of carbonyl (C=O) groups is 1. The second-order valence-electron chi connectivity index (χ2n) is 5.39. The summed E-state index contributed by atoms with van der Waals surface area (Å²) in [7, 11) is 0. The Morgan fingerprint density at radius 2 is 2.00 bits per heavy atom. The molecule has 6 heteroatoms. The van der Waals surface area contributed by atoms with Crippen molar-refractivity contribution in [2.75, 3.05) is 6.61 Å². The van der Waals surface area contributed by atoms with Gasteiger partial charge in [0.1, 0.15) is 5.75 Å². The van der Waals surface area contributed by atoms with Gasteiger partial charge in [-0.05, 0) is 18.6 Å². The Kier molecular flexibility index (Phi) is 6.59. The summed E-state index contributed by atoms with van der Waals surface area (Å²) in [6.45, 7) is 3.25. The van der Waals surface area contributed by atoms with Gasteiger partial charge < -0.3 is 9.84 Å². The van der Waals surface area contributed by atoms with Crippen molar-refractivity contribution in [2.24, 2.45) is 0 Å². The standard InChI is InChI=1S/C17H23N3O3/c1-2-3-4-8-12-20-15(16(17(21)22)18-19-20)11-13-23-14-9-6-5-7-10-14/h5-7,9-10H,2-4,8,11-13H2,1H3,(H,21,22). The van der Waals surface area contributed by atoms with Crippen molar-refractivity contribution >= 4 is 5.97 Å². The number of nitrogens with zero attached hydrogens (tertiary/aromatic N) is 3. The molecule has 0 bridgehead atoms. The Hall–Kier alpha value is -2.37. The lowest BCUT2D eigenvalue weighted by atomic mass is 10.2. The molecule has 0 aliphatic carbocycles. The van der Waals surface area contributed by atoms with Crippen molar-refractivity contribution in [3.63, 3.8) is 0 Å². The fourth-order valence-corrected chi connectivity index (χ4v) is 2.40. The molecule has 0 aliphatic rings. The van der Waals surface area contributed by atoms with Gasteiger partial charge in [-0.2, -0.15) is 0 Å². The van der Waals surface area contributed by atoms with Gasteiger partial charge in [-0.25, -0.2) is 9.48 Å². The SMILES string of the molecule is CCCCCCn1nnc(C(=O)O)c1CCOc1ccccc1. The molecule has 23 heavy (non-hydrogen) atoms. The predicted octanol–water partition coefficient (Wildman–Crippen LogP) is 3.18. The van der Waals surface area contributed by atoms with Gasteiger partial charge in [0.25, 0.3) is 0 Å². The molecule has 1 aromatic carbocycles. The van der Waals surface area contributed by atoms with E-state index in [9.17, 15) is 9.90 Å². The molecule has 1 aromatic heterocycles. The molecular formula is C17H23N3O3. The highest BCUT2D eigenvalue weighted by Crippen LogP contribution is 2.12. The summed E-state index contributed by atoms with van der Waals surface area (Å²) in [6.07, 6.45) is 4.89. The Morgan fingerprint density at radius 1 is 1.22 bits per heavy atom. The second kappa shape index (κ2) is 8.92. The number of para-hydroxylation sites is 1. The maximum absolute atomic E-state index is 11.3. The quantitative estimate of drug-likeness (QED) is 0.681. The summed E-state index contributed by atoms with van der Waals surface area (Å²) < 4.78 is 7.35. The highest BCUT2D eigenvalue weighted by atomic mass is 16.5. The van der Waals surface area contributed by atoms with E-state index in [0.29, 0.717) is 25.3 Å². The van der Waals surface area contributed by atoms with E-state index in [1.165, 1.54) is 6.42 Å². The van der Waals surface area contributed by atoms with E-state index in [1.807, 2.05) is 30.3 Å². The average molecular weight is 317 g/mol. The van der Waals surface area contributed by atoms with Crippen LogP contribution in [0.2, 0.25) is 0 Å². The normalized spacial score (nSPS) is 10.7. The van der Waals surface area contributed by atoms with Gasteiger partial charge in [-0.3, -0.25) is 0 Å². The molecule has 6 nitrogen and oxygen atoms in total. The number of rotatable bonds is 10. The average Bonchev–Trinajstić information content (AvgIpc) is 2.96. The first-order valence-electron chi connectivity index (χ1n) is 8.06. The molecule has 0 atom stereocenters. The molecule has 2 rings (SSSR count). The number of aryl methyl sites for hydroxylation is 1. The summed E-state index contributed by atoms with van der Waals surface area (Å²) in [5, 5.41) is 17.0. The van der Waals surface area contributed by atoms with Crippen LogP contribution in [-0.2, 0) is 13.0 Å². The smallest absolute Gasteiger partial charge is 0.358 e. The fourth-order valence-electron chi connectivity index (χ4n) is 2.40. The van der Waals surface area contributed by atoms with Crippen molar-refractivity contribution in [2.45, 2.75) is 45.6 Å². The van der Waals surface area contributed by atoms with Gasteiger partial charge in [-0.15, -0.1) is 5.10 Å². The Morgan fingerprint density at radius 3 is 2.70 bits per heavy atom. The molecule has 1 N–H and O–H groups in total. The van der Waals surface area contributed by atoms with E-state index < -0.39 is 5.97 Å². The monoisotopic (exact) mass is 317 g/mol. The van der Waals surface area contributed by atoms with Crippen molar-refractivity contribution in [3.8, 4) is 5.75 Å². The molecule has 0 spiro atoms. The molecule has 0 saturated heterocycles. The minimum atomic E-state index is -1.04. The fraction of sp³-hybridized carbons (Fsp3) is 0.471. The molecule has 124 valence electrons. The van der Waals surface area contributed by atoms with Crippen LogP contribution in [0.15, 0.2) is 30.3 Å². The molecular weight excluding hydrogens is 294 g/mol. The van der Waals surface area contributed by atoms with Crippen LogP contribution >= 0.6 is 0 Å². The zero-order valence-corrected chi connectivity index (χ0v) is 13.4. The molecule has 0 fully saturated rings. The van der Waals surface area contributed by atoms with Crippen molar-refractivity contribution in [1.82, 2.24) is 15.0 Å². The number of aromatic carboxylic acids is 1. The highest BCUT2D eigenvalue weighted by Gasteiger charge is 2.18. The van der Waals surface area contributed by atoms with Crippen LogP contribution in [0, 0.1) is 0 Å².